The van der Waals surface area contributed by atoms with E-state index in [1.165, 1.54) is 15.6 Å². The van der Waals surface area contributed by atoms with E-state index in [9.17, 15) is 4.79 Å². The first-order valence-corrected chi connectivity index (χ1v) is 7.63. The smallest absolute Gasteiger partial charge is 0.337 e. The van der Waals surface area contributed by atoms with Crippen molar-refractivity contribution in [3.63, 3.8) is 0 Å². The molecule has 1 heterocycles. The second-order valence-corrected chi connectivity index (χ2v) is 5.93. The molecule has 3 rings (SSSR count). The Balaban J connectivity index is 1.82. The van der Waals surface area contributed by atoms with Gasteiger partial charge in [0.05, 0.1) is 10.6 Å². The highest BCUT2D eigenvalue weighted by molar-refractivity contribution is 7.17. The second-order valence-electron chi connectivity index (χ2n) is 4.61. The minimum Gasteiger partial charge on any atom is -0.478 e. The van der Waals surface area contributed by atoms with Crippen LogP contribution in [0.15, 0.2) is 47.8 Å². The van der Waals surface area contributed by atoms with Crippen LogP contribution < -0.4 is 5.32 Å². The molecule has 0 aliphatic carbocycles. The normalized spacial score (nSPS) is 10.7. The van der Waals surface area contributed by atoms with Gasteiger partial charge in [-0.15, -0.1) is 11.3 Å². The quantitative estimate of drug-likeness (QED) is 0.722. The van der Waals surface area contributed by atoms with Crippen molar-refractivity contribution in [3.05, 3.63) is 64.0 Å². The molecule has 0 atom stereocenters. The predicted octanol–water partition coefficient (Wildman–Crippen LogP) is 4.87. The van der Waals surface area contributed by atoms with Crippen molar-refractivity contribution in [2.24, 2.45) is 0 Å². The molecular formula is C16H12ClNO2S. The van der Waals surface area contributed by atoms with Crippen molar-refractivity contribution in [1.29, 1.82) is 0 Å². The average molecular weight is 318 g/mol. The Bertz CT molecular complexity index is 813. The lowest BCUT2D eigenvalue weighted by Crippen LogP contribution is -2.02. The number of carboxylic acids is 1. The second kappa shape index (κ2) is 5.76. The van der Waals surface area contributed by atoms with Gasteiger partial charge in [-0.3, -0.25) is 0 Å². The number of benzene rings is 2. The van der Waals surface area contributed by atoms with Crippen molar-refractivity contribution in [2.45, 2.75) is 6.54 Å². The summed E-state index contributed by atoms with van der Waals surface area (Å²) in [6.45, 7) is 0.644. The Labute approximate surface area is 130 Å². The lowest BCUT2D eigenvalue weighted by Gasteiger charge is -2.08. The van der Waals surface area contributed by atoms with E-state index in [-0.39, 0.29) is 10.6 Å². The molecule has 3 aromatic rings. The van der Waals surface area contributed by atoms with Gasteiger partial charge >= 0.3 is 5.97 Å². The fraction of sp³-hybridized carbons (Fsp3) is 0.0625. The molecule has 106 valence electrons. The van der Waals surface area contributed by atoms with Crippen LogP contribution in [0.1, 0.15) is 15.9 Å². The molecule has 0 aliphatic heterocycles. The van der Waals surface area contributed by atoms with E-state index < -0.39 is 5.97 Å². The molecule has 0 unspecified atom stereocenters. The SMILES string of the molecule is O=C(O)c1cc(NCc2csc3ccccc23)ccc1Cl. The zero-order valence-corrected chi connectivity index (χ0v) is 12.5. The van der Waals surface area contributed by atoms with E-state index in [0.717, 1.165) is 5.69 Å². The summed E-state index contributed by atoms with van der Waals surface area (Å²) < 4.78 is 1.25. The van der Waals surface area contributed by atoms with Gasteiger partial charge in [-0.1, -0.05) is 29.8 Å². The van der Waals surface area contributed by atoms with E-state index in [1.807, 2.05) is 12.1 Å². The van der Waals surface area contributed by atoms with Crippen molar-refractivity contribution in [2.75, 3.05) is 5.32 Å². The summed E-state index contributed by atoms with van der Waals surface area (Å²) in [5.41, 5.74) is 2.05. The number of aromatic carboxylic acids is 1. The first kappa shape index (κ1) is 13.9. The molecule has 0 bridgehead atoms. The summed E-state index contributed by atoms with van der Waals surface area (Å²) >= 11 is 7.57. The third-order valence-corrected chi connectivity index (χ3v) is 4.58. The number of hydrogen-bond donors (Lipinski definition) is 2. The third-order valence-electron chi connectivity index (χ3n) is 3.24. The molecule has 0 saturated carbocycles. The third kappa shape index (κ3) is 2.86. The van der Waals surface area contributed by atoms with E-state index in [0.29, 0.717) is 6.54 Å². The Kier molecular flexibility index (Phi) is 3.82. The highest BCUT2D eigenvalue weighted by Gasteiger charge is 2.09. The van der Waals surface area contributed by atoms with Gasteiger partial charge in [0.1, 0.15) is 0 Å². The van der Waals surface area contributed by atoms with Crippen LogP contribution in [0.2, 0.25) is 5.02 Å². The van der Waals surface area contributed by atoms with E-state index >= 15 is 0 Å². The molecule has 0 radical (unpaired) electrons. The number of hydrogen-bond acceptors (Lipinski definition) is 3. The first-order chi connectivity index (χ1) is 10.1. The van der Waals surface area contributed by atoms with Crippen LogP contribution in [0, 0.1) is 0 Å². The maximum Gasteiger partial charge on any atom is 0.337 e. The Morgan fingerprint density at radius 1 is 1.24 bits per heavy atom. The van der Waals surface area contributed by atoms with Crippen molar-refractivity contribution in [3.8, 4) is 0 Å². The van der Waals surface area contributed by atoms with Crippen LogP contribution in [0.3, 0.4) is 0 Å². The topological polar surface area (TPSA) is 49.3 Å². The van der Waals surface area contributed by atoms with E-state index in [1.54, 1.807) is 29.5 Å². The summed E-state index contributed by atoms with van der Waals surface area (Å²) in [7, 11) is 0. The van der Waals surface area contributed by atoms with Crippen LogP contribution in [0.4, 0.5) is 5.69 Å². The lowest BCUT2D eigenvalue weighted by atomic mass is 10.1. The Morgan fingerprint density at radius 3 is 2.86 bits per heavy atom. The molecule has 0 amide bonds. The predicted molar refractivity (Wildman–Crippen MR) is 87.6 cm³/mol. The molecule has 1 aromatic heterocycles. The molecule has 3 nitrogen and oxygen atoms in total. The first-order valence-electron chi connectivity index (χ1n) is 6.37. The minimum atomic E-state index is -1.02. The van der Waals surface area contributed by atoms with Gasteiger partial charge in [0, 0.05) is 16.9 Å². The van der Waals surface area contributed by atoms with Crippen molar-refractivity contribution < 1.29 is 9.90 Å². The van der Waals surface area contributed by atoms with E-state index in [4.69, 9.17) is 16.7 Å². The van der Waals surface area contributed by atoms with Gasteiger partial charge in [-0.05, 0) is 40.6 Å². The van der Waals surface area contributed by atoms with Crippen LogP contribution in [-0.4, -0.2) is 11.1 Å². The maximum atomic E-state index is 11.1. The van der Waals surface area contributed by atoms with Gasteiger partial charge in [-0.2, -0.15) is 0 Å². The van der Waals surface area contributed by atoms with Crippen LogP contribution >= 0.6 is 22.9 Å². The molecular weight excluding hydrogens is 306 g/mol. The summed E-state index contributed by atoms with van der Waals surface area (Å²) in [6.07, 6.45) is 0. The highest BCUT2D eigenvalue weighted by Crippen LogP contribution is 2.27. The zero-order chi connectivity index (χ0) is 14.8. The number of fused-ring (bicyclic) bond motifs is 1. The Hall–Kier alpha value is -2.04. The summed E-state index contributed by atoms with van der Waals surface area (Å²) in [5, 5.41) is 15.9. The number of thiophene rings is 1. The largest absolute Gasteiger partial charge is 0.478 e. The van der Waals surface area contributed by atoms with Crippen LogP contribution in [-0.2, 0) is 6.54 Å². The fourth-order valence-corrected chi connectivity index (χ4v) is 3.33. The van der Waals surface area contributed by atoms with Gasteiger partial charge < -0.3 is 10.4 Å². The number of nitrogens with one attached hydrogen (secondary N) is 1. The Morgan fingerprint density at radius 2 is 2.05 bits per heavy atom. The van der Waals surface area contributed by atoms with Crippen molar-refractivity contribution >= 4 is 44.7 Å². The van der Waals surface area contributed by atoms with Crippen LogP contribution in [0.25, 0.3) is 10.1 Å². The minimum absolute atomic E-state index is 0.108. The molecule has 0 fully saturated rings. The van der Waals surface area contributed by atoms with Gasteiger partial charge in [-0.25, -0.2) is 4.79 Å². The summed E-state index contributed by atoms with van der Waals surface area (Å²) in [4.78, 5) is 11.1. The maximum absolute atomic E-state index is 11.1. The van der Waals surface area contributed by atoms with Gasteiger partial charge in [0.25, 0.3) is 0 Å². The van der Waals surface area contributed by atoms with Crippen LogP contribution in [0.5, 0.6) is 0 Å². The molecule has 21 heavy (non-hydrogen) atoms. The van der Waals surface area contributed by atoms with Gasteiger partial charge in [0.15, 0.2) is 0 Å². The number of rotatable bonds is 4. The number of carboxylic acid groups (broad SMARTS) is 1. The highest BCUT2D eigenvalue weighted by atomic mass is 35.5. The summed E-state index contributed by atoms with van der Waals surface area (Å²) in [5.74, 6) is -1.02. The van der Waals surface area contributed by atoms with Crippen molar-refractivity contribution in [1.82, 2.24) is 0 Å². The molecule has 0 aliphatic rings. The zero-order valence-electron chi connectivity index (χ0n) is 11.0. The average Bonchev–Trinajstić information content (AvgIpc) is 2.89. The summed E-state index contributed by atoms with van der Waals surface area (Å²) in [6, 6.07) is 13.2. The fourth-order valence-electron chi connectivity index (χ4n) is 2.17. The van der Waals surface area contributed by atoms with Gasteiger partial charge in [0.2, 0.25) is 0 Å². The molecule has 2 aromatic carbocycles. The molecule has 5 heteroatoms. The molecule has 0 spiro atoms. The monoisotopic (exact) mass is 317 g/mol. The number of carbonyl (C=O) groups is 1. The van der Waals surface area contributed by atoms with E-state index in [2.05, 4.69) is 22.8 Å². The number of halogens is 1. The standard InChI is InChI=1S/C16H12ClNO2S/c17-14-6-5-11(7-13(14)16(19)20)18-8-10-9-21-15-4-2-1-3-12(10)15/h1-7,9,18H,8H2,(H,19,20). The molecule has 2 N–H and O–H groups in total. The molecule has 0 saturated heterocycles. The number of anilines is 1. The lowest BCUT2D eigenvalue weighted by molar-refractivity contribution is 0.0697.